The zero-order valence-corrected chi connectivity index (χ0v) is 16.8. The second-order valence-corrected chi connectivity index (χ2v) is 8.87. The van der Waals surface area contributed by atoms with E-state index in [2.05, 4.69) is 5.32 Å². The quantitative estimate of drug-likeness (QED) is 0.784. The number of hydrogen-bond acceptors (Lipinski definition) is 5. The second-order valence-electron chi connectivity index (χ2n) is 6.93. The van der Waals surface area contributed by atoms with Gasteiger partial charge in [0.2, 0.25) is 15.9 Å². The van der Waals surface area contributed by atoms with Gasteiger partial charge in [0, 0.05) is 50.8 Å². The van der Waals surface area contributed by atoms with Gasteiger partial charge >= 0.3 is 0 Å². The van der Waals surface area contributed by atoms with Crippen molar-refractivity contribution in [3.8, 4) is 0 Å². The van der Waals surface area contributed by atoms with E-state index in [-0.39, 0.29) is 11.4 Å². The van der Waals surface area contributed by atoms with Crippen LogP contribution in [0.2, 0.25) is 0 Å². The Balaban J connectivity index is 1.74. The SMILES string of the molecule is CN(C)c1ccc(NC(=O)Cn2cc(S(=O)(=O)N3CCCC3)ccc2=O)cc1. The van der Waals surface area contributed by atoms with Crippen LogP contribution in [0, 0.1) is 0 Å². The van der Waals surface area contributed by atoms with E-state index in [0.717, 1.165) is 23.1 Å². The third-order valence-corrected chi connectivity index (χ3v) is 6.52. The summed E-state index contributed by atoms with van der Waals surface area (Å²) < 4.78 is 27.9. The molecular formula is C19H24N4O4S. The standard InChI is InChI=1S/C19H24N4O4S/c1-21(2)16-7-5-15(6-8-16)20-18(24)14-22-13-17(9-10-19(22)25)28(26,27)23-11-3-4-12-23/h5-10,13H,3-4,11-12,14H2,1-2H3,(H,20,24). The maximum absolute atomic E-state index is 12.7. The molecule has 1 aromatic carbocycles. The molecule has 0 bridgehead atoms. The number of amides is 1. The third kappa shape index (κ3) is 4.42. The zero-order valence-electron chi connectivity index (χ0n) is 16.0. The first-order chi connectivity index (χ1) is 13.3. The fourth-order valence-corrected chi connectivity index (χ4v) is 4.60. The van der Waals surface area contributed by atoms with Crippen LogP contribution in [0.5, 0.6) is 0 Å². The van der Waals surface area contributed by atoms with Gasteiger partial charge in [-0.3, -0.25) is 9.59 Å². The van der Waals surface area contributed by atoms with Crippen molar-refractivity contribution in [2.45, 2.75) is 24.3 Å². The Morgan fingerprint density at radius 1 is 1.07 bits per heavy atom. The van der Waals surface area contributed by atoms with Crippen LogP contribution in [-0.2, 0) is 21.4 Å². The van der Waals surface area contributed by atoms with E-state index in [1.807, 2.05) is 31.1 Å². The van der Waals surface area contributed by atoms with Crippen LogP contribution in [-0.4, -0.2) is 50.4 Å². The summed E-state index contributed by atoms with van der Waals surface area (Å²) in [5, 5.41) is 2.72. The molecule has 2 aromatic rings. The van der Waals surface area contributed by atoms with Gasteiger partial charge in [-0.1, -0.05) is 0 Å². The molecule has 0 unspecified atom stereocenters. The normalized spacial score (nSPS) is 14.8. The minimum atomic E-state index is -3.65. The number of nitrogens with one attached hydrogen (secondary N) is 1. The Labute approximate surface area is 164 Å². The molecule has 1 amide bonds. The van der Waals surface area contributed by atoms with Crippen LogP contribution in [0.4, 0.5) is 11.4 Å². The van der Waals surface area contributed by atoms with Crippen LogP contribution in [0.1, 0.15) is 12.8 Å². The highest BCUT2D eigenvalue weighted by atomic mass is 32.2. The number of rotatable bonds is 6. The van der Waals surface area contributed by atoms with Crippen LogP contribution in [0.25, 0.3) is 0 Å². The molecule has 150 valence electrons. The maximum atomic E-state index is 12.7. The van der Waals surface area contributed by atoms with Gasteiger partial charge in [-0.05, 0) is 43.2 Å². The molecule has 0 spiro atoms. The lowest BCUT2D eigenvalue weighted by atomic mass is 10.2. The highest BCUT2D eigenvalue weighted by Gasteiger charge is 2.27. The van der Waals surface area contributed by atoms with E-state index < -0.39 is 21.5 Å². The molecule has 28 heavy (non-hydrogen) atoms. The number of sulfonamides is 1. The lowest BCUT2D eigenvalue weighted by Crippen LogP contribution is -2.31. The largest absolute Gasteiger partial charge is 0.378 e. The number of carbonyl (C=O) groups is 1. The monoisotopic (exact) mass is 404 g/mol. The van der Waals surface area contributed by atoms with E-state index >= 15 is 0 Å². The molecule has 1 N–H and O–H groups in total. The maximum Gasteiger partial charge on any atom is 0.251 e. The van der Waals surface area contributed by atoms with Crippen molar-refractivity contribution in [3.63, 3.8) is 0 Å². The summed E-state index contributed by atoms with van der Waals surface area (Å²) >= 11 is 0. The lowest BCUT2D eigenvalue weighted by molar-refractivity contribution is -0.116. The van der Waals surface area contributed by atoms with Crippen molar-refractivity contribution in [1.29, 1.82) is 0 Å². The second kappa shape index (κ2) is 8.15. The highest BCUT2D eigenvalue weighted by Crippen LogP contribution is 2.20. The lowest BCUT2D eigenvalue weighted by Gasteiger charge is -2.16. The minimum absolute atomic E-state index is 0.0251. The van der Waals surface area contributed by atoms with Gasteiger partial charge in [0.1, 0.15) is 6.54 Å². The van der Waals surface area contributed by atoms with E-state index in [1.165, 1.54) is 22.6 Å². The number of nitrogens with zero attached hydrogens (tertiary/aromatic N) is 3. The predicted octanol–water partition coefficient (Wildman–Crippen LogP) is 1.34. The van der Waals surface area contributed by atoms with E-state index in [9.17, 15) is 18.0 Å². The summed E-state index contributed by atoms with van der Waals surface area (Å²) in [6, 6.07) is 9.75. The third-order valence-electron chi connectivity index (χ3n) is 4.64. The van der Waals surface area contributed by atoms with E-state index in [0.29, 0.717) is 18.8 Å². The Morgan fingerprint density at radius 2 is 1.71 bits per heavy atom. The van der Waals surface area contributed by atoms with E-state index in [1.54, 1.807) is 12.1 Å². The van der Waals surface area contributed by atoms with Crippen molar-refractivity contribution in [3.05, 3.63) is 52.9 Å². The molecule has 0 saturated carbocycles. The van der Waals surface area contributed by atoms with E-state index in [4.69, 9.17) is 0 Å². The van der Waals surface area contributed by atoms with Gasteiger partial charge in [-0.25, -0.2) is 8.42 Å². The summed E-state index contributed by atoms with van der Waals surface area (Å²) in [6.45, 7) is 0.688. The number of pyridine rings is 1. The van der Waals surface area contributed by atoms with Gasteiger partial charge in [0.25, 0.3) is 5.56 Å². The zero-order chi connectivity index (χ0) is 20.3. The minimum Gasteiger partial charge on any atom is -0.378 e. The summed E-state index contributed by atoms with van der Waals surface area (Å²) in [6.07, 6.45) is 2.90. The van der Waals surface area contributed by atoms with Crippen LogP contribution in [0.3, 0.4) is 0 Å². The van der Waals surface area contributed by atoms with Gasteiger partial charge in [0.05, 0.1) is 4.90 Å². The average Bonchev–Trinajstić information content (AvgIpc) is 3.19. The molecule has 1 aliphatic rings. The summed E-state index contributed by atoms with van der Waals surface area (Å²) in [7, 11) is 0.191. The van der Waals surface area contributed by atoms with Crippen LogP contribution < -0.4 is 15.8 Å². The van der Waals surface area contributed by atoms with Gasteiger partial charge in [-0.2, -0.15) is 4.31 Å². The summed E-state index contributed by atoms with van der Waals surface area (Å²) in [5.41, 5.74) is 1.16. The Bertz CT molecular complexity index is 1010. The van der Waals surface area contributed by atoms with Crippen molar-refractivity contribution >= 4 is 27.3 Å². The van der Waals surface area contributed by atoms with Crippen molar-refractivity contribution in [2.24, 2.45) is 0 Å². The number of benzene rings is 1. The highest BCUT2D eigenvalue weighted by molar-refractivity contribution is 7.89. The van der Waals surface area contributed by atoms with Crippen LogP contribution >= 0.6 is 0 Å². The topological polar surface area (TPSA) is 91.7 Å². The van der Waals surface area contributed by atoms with Gasteiger partial charge in [-0.15, -0.1) is 0 Å². The molecule has 0 aliphatic carbocycles. The number of carbonyl (C=O) groups excluding carboxylic acids is 1. The Hall–Kier alpha value is -2.65. The molecule has 9 heteroatoms. The van der Waals surface area contributed by atoms with Crippen molar-refractivity contribution in [2.75, 3.05) is 37.4 Å². The smallest absolute Gasteiger partial charge is 0.251 e. The molecule has 1 aromatic heterocycles. The van der Waals surface area contributed by atoms with Gasteiger partial charge < -0.3 is 14.8 Å². The molecule has 8 nitrogen and oxygen atoms in total. The Morgan fingerprint density at radius 3 is 2.32 bits per heavy atom. The molecule has 1 fully saturated rings. The fraction of sp³-hybridized carbons (Fsp3) is 0.368. The predicted molar refractivity (Wildman–Crippen MR) is 108 cm³/mol. The van der Waals surface area contributed by atoms with Crippen LogP contribution in [0.15, 0.2) is 52.3 Å². The number of hydrogen-bond donors (Lipinski definition) is 1. The van der Waals surface area contributed by atoms with Crippen molar-refractivity contribution in [1.82, 2.24) is 8.87 Å². The fourth-order valence-electron chi connectivity index (χ4n) is 3.06. The first-order valence-electron chi connectivity index (χ1n) is 9.05. The molecule has 1 saturated heterocycles. The van der Waals surface area contributed by atoms with Gasteiger partial charge in [0.15, 0.2) is 0 Å². The molecule has 0 radical (unpaired) electrons. The molecule has 3 rings (SSSR count). The van der Waals surface area contributed by atoms with Crippen molar-refractivity contribution < 1.29 is 13.2 Å². The average molecular weight is 404 g/mol. The number of aromatic nitrogens is 1. The summed E-state index contributed by atoms with van der Waals surface area (Å²) in [4.78, 5) is 26.4. The molecule has 1 aliphatic heterocycles. The molecule has 0 atom stereocenters. The Kier molecular flexibility index (Phi) is 5.85. The first kappa shape index (κ1) is 20.1. The first-order valence-corrected chi connectivity index (χ1v) is 10.5. The number of anilines is 2. The molecule has 2 heterocycles. The summed E-state index contributed by atoms with van der Waals surface area (Å²) in [5.74, 6) is -0.407. The molecular weight excluding hydrogens is 380 g/mol.